The molecule has 0 atom stereocenters. The molecular weight excluding hydrogens is 306 g/mol. The predicted octanol–water partition coefficient (Wildman–Crippen LogP) is 4.49. The number of hydrogen-bond donors (Lipinski definition) is 1. The van der Waals surface area contributed by atoms with Gasteiger partial charge in [-0.05, 0) is 43.3 Å². The molecule has 1 aromatic heterocycles. The van der Waals surface area contributed by atoms with Crippen molar-refractivity contribution in [2.75, 3.05) is 19.0 Å². The van der Waals surface area contributed by atoms with Crippen LogP contribution in [-0.2, 0) is 11.3 Å². The zero-order valence-corrected chi connectivity index (χ0v) is 14.0. The van der Waals surface area contributed by atoms with E-state index < -0.39 is 0 Å². The van der Waals surface area contributed by atoms with Gasteiger partial charge >= 0.3 is 0 Å². The Balaban J connectivity index is 1.84. The summed E-state index contributed by atoms with van der Waals surface area (Å²) in [5, 5.41) is 0. The topological polar surface area (TPSA) is 35.2 Å². The van der Waals surface area contributed by atoms with E-state index in [1.807, 2.05) is 18.7 Å². The highest BCUT2D eigenvalue weighted by Crippen LogP contribution is 2.34. The van der Waals surface area contributed by atoms with E-state index in [1.54, 1.807) is 23.1 Å². The number of thioether (sulfide) groups is 1. The van der Waals surface area contributed by atoms with Crippen LogP contribution in [-0.4, -0.2) is 19.0 Å². The minimum absolute atomic E-state index is 0.626. The van der Waals surface area contributed by atoms with Gasteiger partial charge in [-0.3, -0.25) is 0 Å². The molecule has 0 aliphatic heterocycles. The molecule has 0 saturated carbocycles. The minimum atomic E-state index is 0.626. The van der Waals surface area contributed by atoms with E-state index in [0.29, 0.717) is 6.54 Å². The van der Waals surface area contributed by atoms with Gasteiger partial charge in [-0.25, -0.2) is 0 Å². The molecule has 1 aromatic carbocycles. The Hall–Kier alpha value is -0.460. The van der Waals surface area contributed by atoms with Crippen molar-refractivity contribution >= 4 is 34.9 Å². The summed E-state index contributed by atoms with van der Waals surface area (Å²) < 4.78 is 6.63. The van der Waals surface area contributed by atoms with Crippen LogP contribution >= 0.6 is 34.9 Å². The number of benzene rings is 1. The number of rotatable bonds is 8. The summed E-state index contributed by atoms with van der Waals surface area (Å²) >= 11 is 5.40. The zero-order valence-electron chi connectivity index (χ0n) is 11.5. The highest BCUT2D eigenvalue weighted by atomic mass is 32.2. The third-order valence-electron chi connectivity index (χ3n) is 2.58. The molecule has 2 aromatic rings. The van der Waals surface area contributed by atoms with Crippen LogP contribution in [0.1, 0.15) is 11.8 Å². The van der Waals surface area contributed by atoms with Crippen molar-refractivity contribution in [1.82, 2.24) is 0 Å². The van der Waals surface area contributed by atoms with Crippen molar-refractivity contribution in [3.05, 3.63) is 41.3 Å². The summed E-state index contributed by atoms with van der Waals surface area (Å²) in [6.07, 6.45) is 0. The fourth-order valence-corrected chi connectivity index (χ4v) is 4.40. The van der Waals surface area contributed by atoms with Gasteiger partial charge in [0.05, 0.1) is 10.8 Å². The summed E-state index contributed by atoms with van der Waals surface area (Å²) in [5.41, 5.74) is 5.63. The summed E-state index contributed by atoms with van der Waals surface area (Å²) in [5.74, 6) is 1.01. The molecule has 0 spiro atoms. The van der Waals surface area contributed by atoms with E-state index in [9.17, 15) is 0 Å². The molecule has 5 heteroatoms. The first-order chi connectivity index (χ1) is 9.81. The highest BCUT2D eigenvalue weighted by Gasteiger charge is 2.02. The lowest BCUT2D eigenvalue weighted by atomic mass is 10.4. The third kappa shape index (κ3) is 5.14. The second-order valence-electron chi connectivity index (χ2n) is 4.04. The van der Waals surface area contributed by atoms with Crippen molar-refractivity contribution < 1.29 is 4.74 Å². The van der Waals surface area contributed by atoms with Gasteiger partial charge in [0, 0.05) is 33.6 Å². The van der Waals surface area contributed by atoms with Crippen molar-refractivity contribution in [2.24, 2.45) is 5.73 Å². The van der Waals surface area contributed by atoms with Crippen molar-refractivity contribution in [3.8, 4) is 0 Å². The first-order valence-electron chi connectivity index (χ1n) is 6.59. The first-order valence-corrected chi connectivity index (χ1v) is 9.21. The average Bonchev–Trinajstić information content (AvgIpc) is 2.93. The lowest BCUT2D eigenvalue weighted by Crippen LogP contribution is -1.95. The highest BCUT2D eigenvalue weighted by molar-refractivity contribution is 8.01. The summed E-state index contributed by atoms with van der Waals surface area (Å²) in [6, 6.07) is 12.9. The van der Waals surface area contributed by atoms with Crippen molar-refractivity contribution in [1.29, 1.82) is 0 Å². The smallest absolute Gasteiger partial charge is 0.0649 e. The molecule has 20 heavy (non-hydrogen) atoms. The van der Waals surface area contributed by atoms with Crippen molar-refractivity contribution in [2.45, 2.75) is 27.5 Å². The molecule has 2 rings (SSSR count). The van der Waals surface area contributed by atoms with E-state index in [2.05, 4.69) is 36.4 Å². The van der Waals surface area contributed by atoms with Crippen LogP contribution in [0.3, 0.4) is 0 Å². The Bertz CT molecular complexity index is 510. The average molecular weight is 326 g/mol. The van der Waals surface area contributed by atoms with Gasteiger partial charge in [0.15, 0.2) is 0 Å². The molecule has 0 aliphatic rings. The molecule has 0 radical (unpaired) electrons. The second-order valence-corrected chi connectivity index (χ2v) is 7.75. The fraction of sp³-hybridized carbons (Fsp3) is 0.333. The molecule has 2 N–H and O–H groups in total. The van der Waals surface area contributed by atoms with Gasteiger partial charge in [-0.2, -0.15) is 0 Å². The van der Waals surface area contributed by atoms with Gasteiger partial charge in [-0.15, -0.1) is 23.1 Å². The minimum Gasteiger partial charge on any atom is -0.381 e. The lowest BCUT2D eigenvalue weighted by molar-refractivity contribution is 0.164. The molecule has 1 heterocycles. The van der Waals surface area contributed by atoms with Gasteiger partial charge in [-0.1, -0.05) is 11.8 Å². The van der Waals surface area contributed by atoms with Crippen LogP contribution in [0.5, 0.6) is 0 Å². The second kappa shape index (κ2) is 8.74. The standard InChI is InChI=1S/C15H19NOS3/c1-2-17-9-10-18-12-3-5-13(6-4-12)19-15-8-7-14(11-16)20-15/h3-8H,2,9-11,16H2,1H3. The largest absolute Gasteiger partial charge is 0.381 e. The molecule has 0 fully saturated rings. The molecular formula is C15H19NOS3. The Morgan fingerprint density at radius 2 is 1.85 bits per heavy atom. The maximum absolute atomic E-state index is 5.63. The maximum Gasteiger partial charge on any atom is 0.0649 e. The van der Waals surface area contributed by atoms with Crippen LogP contribution < -0.4 is 5.73 Å². The van der Waals surface area contributed by atoms with Gasteiger partial charge in [0.1, 0.15) is 0 Å². The normalized spacial score (nSPS) is 10.9. The zero-order chi connectivity index (χ0) is 14.2. The van der Waals surface area contributed by atoms with Crippen LogP contribution in [0.4, 0.5) is 0 Å². The quantitative estimate of drug-likeness (QED) is 0.573. The molecule has 0 unspecified atom stereocenters. The first kappa shape index (κ1) is 15.9. The predicted molar refractivity (Wildman–Crippen MR) is 90.0 cm³/mol. The molecule has 0 saturated heterocycles. The van der Waals surface area contributed by atoms with Crippen LogP contribution in [0.15, 0.2) is 50.4 Å². The molecule has 108 valence electrons. The number of hydrogen-bond acceptors (Lipinski definition) is 5. The molecule has 0 bridgehead atoms. The van der Waals surface area contributed by atoms with E-state index in [1.165, 1.54) is 18.9 Å². The van der Waals surface area contributed by atoms with E-state index in [-0.39, 0.29) is 0 Å². The Labute approximate surface area is 133 Å². The van der Waals surface area contributed by atoms with Crippen LogP contribution in [0, 0.1) is 0 Å². The Kier molecular flexibility index (Phi) is 6.96. The van der Waals surface area contributed by atoms with Gasteiger partial charge in [0.2, 0.25) is 0 Å². The van der Waals surface area contributed by atoms with Crippen LogP contribution in [0.2, 0.25) is 0 Å². The third-order valence-corrected chi connectivity index (χ3v) is 5.80. The van der Waals surface area contributed by atoms with Crippen LogP contribution in [0.25, 0.3) is 0 Å². The fourth-order valence-electron chi connectivity index (χ4n) is 1.61. The van der Waals surface area contributed by atoms with Gasteiger partial charge in [0.25, 0.3) is 0 Å². The van der Waals surface area contributed by atoms with E-state index in [4.69, 9.17) is 10.5 Å². The van der Waals surface area contributed by atoms with E-state index >= 15 is 0 Å². The Morgan fingerprint density at radius 3 is 2.50 bits per heavy atom. The van der Waals surface area contributed by atoms with Crippen molar-refractivity contribution in [3.63, 3.8) is 0 Å². The molecule has 0 aliphatic carbocycles. The number of nitrogens with two attached hydrogens (primary N) is 1. The maximum atomic E-state index is 5.63. The number of thiophene rings is 1. The van der Waals surface area contributed by atoms with E-state index in [0.717, 1.165) is 19.0 Å². The number of ether oxygens (including phenoxy) is 1. The SMILES string of the molecule is CCOCCSc1ccc(Sc2ccc(CN)s2)cc1. The summed E-state index contributed by atoms with van der Waals surface area (Å²) in [6.45, 7) is 4.26. The summed E-state index contributed by atoms with van der Waals surface area (Å²) in [7, 11) is 0. The monoisotopic (exact) mass is 325 g/mol. The summed E-state index contributed by atoms with van der Waals surface area (Å²) in [4.78, 5) is 3.79. The lowest BCUT2D eigenvalue weighted by Gasteiger charge is -2.03. The Morgan fingerprint density at radius 1 is 1.10 bits per heavy atom. The molecule has 0 amide bonds. The molecule has 2 nitrogen and oxygen atoms in total. The van der Waals surface area contributed by atoms with Gasteiger partial charge < -0.3 is 10.5 Å².